The van der Waals surface area contributed by atoms with Crippen LogP contribution in [0, 0.1) is 6.92 Å². The third kappa shape index (κ3) is 4.11. The van der Waals surface area contributed by atoms with E-state index < -0.39 is 0 Å². The Bertz CT molecular complexity index is 1660. The van der Waals surface area contributed by atoms with Crippen LogP contribution in [0.2, 0.25) is 0 Å². The number of hydrogen-bond acceptors (Lipinski definition) is 10. The van der Waals surface area contributed by atoms with Gasteiger partial charge in [-0.3, -0.25) is 0 Å². The fraction of sp³-hybridized carbons (Fsp3) is 0.200. The van der Waals surface area contributed by atoms with Crippen molar-refractivity contribution in [1.29, 1.82) is 0 Å². The molecule has 0 unspecified atom stereocenters. The molecule has 11 heteroatoms. The molecule has 180 valence electrons. The zero-order chi connectivity index (χ0) is 24.9. The molecule has 3 aromatic heterocycles. The first-order chi connectivity index (χ1) is 17.3. The fourth-order valence-corrected chi connectivity index (χ4v) is 3.91. The minimum atomic E-state index is -0.240. The third-order valence-electron chi connectivity index (χ3n) is 5.74. The summed E-state index contributed by atoms with van der Waals surface area (Å²) in [6.45, 7) is 6.52. The molecule has 0 saturated heterocycles. The van der Waals surface area contributed by atoms with E-state index in [1.165, 1.54) is 6.33 Å². The molecule has 1 aliphatic rings. The molecule has 1 aliphatic heterocycles. The Morgan fingerprint density at radius 3 is 2.78 bits per heavy atom. The van der Waals surface area contributed by atoms with Crippen LogP contribution in [-0.2, 0) is 4.74 Å². The number of nitrogens with one attached hydrogen (secondary N) is 1. The summed E-state index contributed by atoms with van der Waals surface area (Å²) in [5, 5.41) is 7.98. The Morgan fingerprint density at radius 2 is 1.97 bits per heavy atom. The van der Waals surface area contributed by atoms with Crippen LogP contribution in [0.3, 0.4) is 0 Å². The highest BCUT2D eigenvalue weighted by molar-refractivity contribution is 5.96. The monoisotopic (exact) mass is 481 g/mol. The molecule has 0 atom stereocenters. The van der Waals surface area contributed by atoms with Crippen molar-refractivity contribution >= 4 is 34.1 Å². The maximum absolute atomic E-state index is 6.33. The summed E-state index contributed by atoms with van der Waals surface area (Å²) in [5.74, 6) is 2.01. The predicted molar refractivity (Wildman–Crippen MR) is 136 cm³/mol. The number of ether oxygens (including phenoxy) is 2. The molecule has 5 aromatic rings. The molecule has 2 aromatic carbocycles. The van der Waals surface area contributed by atoms with E-state index in [0.29, 0.717) is 41.5 Å². The Labute approximate surface area is 206 Å². The summed E-state index contributed by atoms with van der Waals surface area (Å²) in [7, 11) is 0. The minimum Gasteiger partial charge on any atom is -0.462 e. The van der Waals surface area contributed by atoms with Crippen molar-refractivity contribution in [2.75, 3.05) is 17.7 Å². The smallest absolute Gasteiger partial charge is 0.289 e. The number of hydrogen-bond donors (Lipinski definition) is 2. The van der Waals surface area contributed by atoms with Crippen molar-refractivity contribution in [3.8, 4) is 23.0 Å². The zero-order valence-corrected chi connectivity index (χ0v) is 19.9. The molecule has 0 spiro atoms. The van der Waals surface area contributed by atoms with Gasteiger partial charge in [0.1, 0.15) is 30.8 Å². The number of nitrogens with two attached hydrogens (primary N) is 1. The summed E-state index contributed by atoms with van der Waals surface area (Å²) in [6, 6.07) is 13.6. The van der Waals surface area contributed by atoms with Gasteiger partial charge in [-0.2, -0.15) is 5.10 Å². The lowest BCUT2D eigenvalue weighted by Crippen LogP contribution is -2.17. The Hall–Kier alpha value is -4.80. The Balaban J connectivity index is 1.26. The highest BCUT2D eigenvalue weighted by atomic mass is 16.5. The number of anilines is 2. The van der Waals surface area contributed by atoms with E-state index >= 15 is 0 Å². The number of aromatic nitrogens is 6. The van der Waals surface area contributed by atoms with Crippen LogP contribution >= 0.6 is 0 Å². The first-order valence-corrected chi connectivity index (χ1v) is 11.3. The lowest BCUT2D eigenvalue weighted by atomic mass is 10.1. The van der Waals surface area contributed by atoms with Crippen molar-refractivity contribution in [2.45, 2.75) is 26.3 Å². The van der Waals surface area contributed by atoms with Crippen LogP contribution < -0.4 is 15.8 Å². The van der Waals surface area contributed by atoms with Crippen LogP contribution in [0.1, 0.15) is 19.4 Å². The molecule has 0 radical (unpaired) electrons. The Kier molecular flexibility index (Phi) is 4.92. The SMILES string of the molecule is Cc1cc(-c2nc(N)c3cc(NC4=NC(C)(C)CO4)ccc3n2)ccc1Oc1cc2ncnn2cn1. The topological polar surface area (TPSA) is 138 Å². The number of rotatable bonds is 4. The van der Waals surface area contributed by atoms with Crippen LogP contribution in [0.25, 0.3) is 27.9 Å². The molecule has 3 N–H and O–H groups in total. The van der Waals surface area contributed by atoms with Crippen LogP contribution in [0.15, 0.2) is 60.1 Å². The van der Waals surface area contributed by atoms with Crippen molar-refractivity contribution in [1.82, 2.24) is 29.5 Å². The number of fused-ring (bicyclic) bond motifs is 2. The van der Waals surface area contributed by atoms with Gasteiger partial charge in [-0.15, -0.1) is 0 Å². The number of nitrogens with zero attached hydrogens (tertiary/aromatic N) is 7. The van der Waals surface area contributed by atoms with Crippen LogP contribution in [-0.4, -0.2) is 47.7 Å². The summed E-state index contributed by atoms with van der Waals surface area (Å²) < 4.78 is 13.2. The van der Waals surface area contributed by atoms with Gasteiger partial charge in [-0.25, -0.2) is 29.4 Å². The highest BCUT2D eigenvalue weighted by Crippen LogP contribution is 2.30. The van der Waals surface area contributed by atoms with E-state index in [1.54, 1.807) is 16.9 Å². The molecular weight excluding hydrogens is 458 g/mol. The van der Waals surface area contributed by atoms with E-state index in [0.717, 1.165) is 27.7 Å². The molecule has 0 bridgehead atoms. The highest BCUT2D eigenvalue weighted by Gasteiger charge is 2.26. The number of nitrogen functional groups attached to an aromatic ring is 1. The first-order valence-electron chi connectivity index (χ1n) is 11.3. The second-order valence-electron chi connectivity index (χ2n) is 9.18. The van der Waals surface area contributed by atoms with E-state index in [-0.39, 0.29) is 5.54 Å². The van der Waals surface area contributed by atoms with Gasteiger partial charge in [0.15, 0.2) is 11.5 Å². The lowest BCUT2D eigenvalue weighted by molar-refractivity contribution is 0.278. The van der Waals surface area contributed by atoms with Crippen molar-refractivity contribution < 1.29 is 9.47 Å². The van der Waals surface area contributed by atoms with Gasteiger partial charge < -0.3 is 20.5 Å². The Morgan fingerprint density at radius 1 is 1.08 bits per heavy atom. The van der Waals surface area contributed by atoms with Gasteiger partial charge in [0.05, 0.1) is 11.1 Å². The summed E-state index contributed by atoms with van der Waals surface area (Å²) >= 11 is 0. The molecule has 6 rings (SSSR count). The number of amidine groups is 1. The van der Waals surface area contributed by atoms with E-state index in [1.807, 2.05) is 57.2 Å². The minimum absolute atomic E-state index is 0.240. The van der Waals surface area contributed by atoms with E-state index in [9.17, 15) is 0 Å². The van der Waals surface area contributed by atoms with Crippen LogP contribution in [0.4, 0.5) is 11.5 Å². The van der Waals surface area contributed by atoms with Crippen molar-refractivity contribution in [2.24, 2.45) is 4.99 Å². The molecule has 11 nitrogen and oxygen atoms in total. The van der Waals surface area contributed by atoms with E-state index in [2.05, 4.69) is 30.4 Å². The summed E-state index contributed by atoms with van der Waals surface area (Å²) in [5.41, 5.74) is 10.0. The molecule has 0 aliphatic carbocycles. The number of aliphatic imine (C=N–C) groups is 1. The van der Waals surface area contributed by atoms with Gasteiger partial charge >= 0.3 is 0 Å². The average Bonchev–Trinajstić information content (AvgIpc) is 3.45. The third-order valence-corrected chi connectivity index (χ3v) is 5.74. The van der Waals surface area contributed by atoms with Gasteiger partial charge in [0.2, 0.25) is 5.88 Å². The van der Waals surface area contributed by atoms with Crippen molar-refractivity contribution in [3.63, 3.8) is 0 Å². The van der Waals surface area contributed by atoms with E-state index in [4.69, 9.17) is 20.2 Å². The lowest BCUT2D eigenvalue weighted by Gasteiger charge is -2.11. The molecule has 0 fully saturated rings. The summed E-state index contributed by atoms with van der Waals surface area (Å²) in [6.07, 6.45) is 3.02. The first kappa shape index (κ1) is 21.7. The predicted octanol–water partition coefficient (Wildman–Crippen LogP) is 3.99. The molecular formula is C25H23N9O2. The van der Waals surface area contributed by atoms with Gasteiger partial charge in [-0.05, 0) is 62.7 Å². The fourth-order valence-electron chi connectivity index (χ4n) is 3.91. The number of aryl methyl sites for hydroxylation is 1. The van der Waals surface area contributed by atoms with Gasteiger partial charge in [0, 0.05) is 22.7 Å². The molecule has 36 heavy (non-hydrogen) atoms. The maximum Gasteiger partial charge on any atom is 0.289 e. The molecule has 0 amide bonds. The number of benzene rings is 2. The second kappa shape index (κ2) is 8.15. The van der Waals surface area contributed by atoms with Gasteiger partial charge in [0.25, 0.3) is 6.02 Å². The quantitative estimate of drug-likeness (QED) is 0.390. The standard InChI is InChI=1S/C25H23N9O2/c1-14-8-15(4-7-19(14)36-21-10-20-27-12-29-34(20)13-28-21)23-31-18-6-5-16(9-17(18)22(26)32-23)30-24-33-25(2,3)11-35-24/h4-10,12-13H,11H2,1-3H3,(H,30,33)(H2,26,31,32). The maximum atomic E-state index is 6.33. The average molecular weight is 482 g/mol. The van der Waals surface area contributed by atoms with Crippen LogP contribution in [0.5, 0.6) is 11.6 Å². The molecule has 4 heterocycles. The zero-order valence-electron chi connectivity index (χ0n) is 19.9. The normalized spacial score (nSPS) is 14.6. The summed E-state index contributed by atoms with van der Waals surface area (Å²) in [4.78, 5) is 22.2. The largest absolute Gasteiger partial charge is 0.462 e. The van der Waals surface area contributed by atoms with Gasteiger partial charge in [-0.1, -0.05) is 0 Å². The van der Waals surface area contributed by atoms with Crippen molar-refractivity contribution in [3.05, 3.63) is 60.7 Å². The molecule has 0 saturated carbocycles. The second-order valence-corrected chi connectivity index (χ2v) is 9.18.